The number of methoxy groups -OCH3 is 1. The summed E-state index contributed by atoms with van der Waals surface area (Å²) in [6.07, 6.45) is 6.81. The van der Waals surface area contributed by atoms with Gasteiger partial charge in [-0.2, -0.15) is 0 Å². The Labute approximate surface area is 90.0 Å². The monoisotopic (exact) mass is 210 g/mol. The van der Waals surface area contributed by atoms with Crippen molar-refractivity contribution in [1.82, 2.24) is 10.5 Å². The zero-order valence-corrected chi connectivity index (χ0v) is 9.11. The van der Waals surface area contributed by atoms with Crippen LogP contribution in [-0.2, 0) is 11.3 Å². The SMILES string of the molecule is COC1CCCC(NCc2ccon2)C1. The average Bonchev–Trinajstić information content (AvgIpc) is 2.79. The van der Waals surface area contributed by atoms with Gasteiger partial charge in [0.15, 0.2) is 0 Å². The first-order valence-electron chi connectivity index (χ1n) is 5.54. The summed E-state index contributed by atoms with van der Waals surface area (Å²) >= 11 is 0. The largest absolute Gasteiger partial charge is 0.381 e. The number of rotatable bonds is 4. The second-order valence-corrected chi connectivity index (χ2v) is 4.09. The summed E-state index contributed by atoms with van der Waals surface area (Å²) in [5, 5.41) is 7.36. The zero-order chi connectivity index (χ0) is 10.5. The van der Waals surface area contributed by atoms with Gasteiger partial charge in [0.05, 0.1) is 11.8 Å². The molecule has 4 nitrogen and oxygen atoms in total. The summed E-state index contributed by atoms with van der Waals surface area (Å²) in [7, 11) is 1.80. The molecule has 0 bridgehead atoms. The number of ether oxygens (including phenoxy) is 1. The van der Waals surface area contributed by atoms with E-state index in [1.54, 1.807) is 13.4 Å². The molecule has 0 spiro atoms. The van der Waals surface area contributed by atoms with E-state index >= 15 is 0 Å². The van der Waals surface area contributed by atoms with Crippen LogP contribution in [0.15, 0.2) is 16.9 Å². The summed E-state index contributed by atoms with van der Waals surface area (Å²) in [6.45, 7) is 0.789. The maximum absolute atomic E-state index is 5.38. The van der Waals surface area contributed by atoms with Crippen molar-refractivity contribution in [2.24, 2.45) is 0 Å². The Bertz CT molecular complexity index is 274. The first-order chi connectivity index (χ1) is 7.38. The van der Waals surface area contributed by atoms with Gasteiger partial charge >= 0.3 is 0 Å². The van der Waals surface area contributed by atoms with Gasteiger partial charge in [-0.05, 0) is 25.7 Å². The van der Waals surface area contributed by atoms with Crippen LogP contribution in [0.25, 0.3) is 0 Å². The molecule has 0 amide bonds. The molecule has 1 aliphatic rings. The minimum absolute atomic E-state index is 0.425. The molecule has 1 aromatic heterocycles. The first kappa shape index (κ1) is 10.6. The van der Waals surface area contributed by atoms with Crippen molar-refractivity contribution in [1.29, 1.82) is 0 Å². The normalized spacial score (nSPS) is 26.7. The molecule has 2 rings (SSSR count). The maximum Gasteiger partial charge on any atom is 0.124 e. The molecule has 4 heteroatoms. The van der Waals surface area contributed by atoms with E-state index in [0.29, 0.717) is 12.1 Å². The van der Waals surface area contributed by atoms with Crippen LogP contribution in [0.1, 0.15) is 31.4 Å². The van der Waals surface area contributed by atoms with E-state index in [9.17, 15) is 0 Å². The van der Waals surface area contributed by atoms with Crippen LogP contribution >= 0.6 is 0 Å². The molecule has 1 fully saturated rings. The molecular weight excluding hydrogens is 192 g/mol. The van der Waals surface area contributed by atoms with Gasteiger partial charge in [0.2, 0.25) is 0 Å². The molecule has 0 aromatic carbocycles. The van der Waals surface area contributed by atoms with Crippen molar-refractivity contribution in [3.63, 3.8) is 0 Å². The first-order valence-corrected chi connectivity index (χ1v) is 5.54. The lowest BCUT2D eigenvalue weighted by atomic mass is 9.93. The van der Waals surface area contributed by atoms with Crippen molar-refractivity contribution < 1.29 is 9.26 Å². The Balaban J connectivity index is 1.74. The van der Waals surface area contributed by atoms with Crippen LogP contribution in [0, 0.1) is 0 Å². The Morgan fingerprint density at radius 3 is 3.27 bits per heavy atom. The number of hydrogen-bond donors (Lipinski definition) is 1. The highest BCUT2D eigenvalue weighted by atomic mass is 16.5. The number of nitrogens with zero attached hydrogens (tertiary/aromatic N) is 1. The molecule has 84 valence electrons. The highest BCUT2D eigenvalue weighted by Crippen LogP contribution is 2.20. The van der Waals surface area contributed by atoms with E-state index < -0.39 is 0 Å². The van der Waals surface area contributed by atoms with Crippen molar-refractivity contribution in [3.05, 3.63) is 18.0 Å². The Kier molecular flexibility index (Phi) is 3.75. The quantitative estimate of drug-likeness (QED) is 0.822. The second kappa shape index (κ2) is 5.28. The number of hydrogen-bond acceptors (Lipinski definition) is 4. The molecule has 1 aliphatic carbocycles. The van der Waals surface area contributed by atoms with E-state index in [4.69, 9.17) is 9.26 Å². The Hall–Kier alpha value is -0.870. The highest BCUT2D eigenvalue weighted by molar-refractivity contribution is 4.95. The molecule has 1 heterocycles. The van der Waals surface area contributed by atoms with Gasteiger partial charge in [0.25, 0.3) is 0 Å². The van der Waals surface area contributed by atoms with E-state index in [2.05, 4.69) is 10.5 Å². The summed E-state index contributed by atoms with van der Waals surface area (Å²) in [6, 6.07) is 2.45. The van der Waals surface area contributed by atoms with Gasteiger partial charge in [-0.15, -0.1) is 0 Å². The minimum atomic E-state index is 0.425. The van der Waals surface area contributed by atoms with Crippen molar-refractivity contribution in [2.75, 3.05) is 7.11 Å². The summed E-state index contributed by atoms with van der Waals surface area (Å²) in [5.41, 5.74) is 0.967. The summed E-state index contributed by atoms with van der Waals surface area (Å²) < 4.78 is 10.2. The fourth-order valence-corrected chi connectivity index (χ4v) is 2.12. The van der Waals surface area contributed by atoms with Crippen LogP contribution in [0.3, 0.4) is 0 Å². The van der Waals surface area contributed by atoms with E-state index in [0.717, 1.165) is 18.7 Å². The zero-order valence-electron chi connectivity index (χ0n) is 9.11. The van der Waals surface area contributed by atoms with Crippen LogP contribution < -0.4 is 5.32 Å². The second-order valence-electron chi connectivity index (χ2n) is 4.09. The third-order valence-corrected chi connectivity index (χ3v) is 3.02. The smallest absolute Gasteiger partial charge is 0.124 e. The Morgan fingerprint density at radius 1 is 1.60 bits per heavy atom. The molecule has 0 aliphatic heterocycles. The lowest BCUT2D eigenvalue weighted by Crippen LogP contribution is -2.36. The molecular formula is C11H18N2O2. The third kappa shape index (κ3) is 3.04. The van der Waals surface area contributed by atoms with Crippen LogP contribution in [0.2, 0.25) is 0 Å². The maximum atomic E-state index is 5.38. The predicted octanol–water partition coefficient (Wildman–Crippen LogP) is 1.72. The third-order valence-electron chi connectivity index (χ3n) is 3.02. The average molecular weight is 210 g/mol. The molecule has 1 N–H and O–H groups in total. The van der Waals surface area contributed by atoms with E-state index in [-0.39, 0.29) is 0 Å². The molecule has 0 saturated heterocycles. The van der Waals surface area contributed by atoms with E-state index in [1.165, 1.54) is 19.3 Å². The van der Waals surface area contributed by atoms with Crippen LogP contribution in [0.4, 0.5) is 0 Å². The summed E-state index contributed by atoms with van der Waals surface area (Å²) in [5.74, 6) is 0. The van der Waals surface area contributed by atoms with Gasteiger partial charge in [-0.25, -0.2) is 0 Å². The van der Waals surface area contributed by atoms with Crippen molar-refractivity contribution in [2.45, 2.75) is 44.4 Å². The standard InChI is InChI=1S/C11H18N2O2/c1-14-11-4-2-3-9(7-11)12-8-10-5-6-15-13-10/h5-6,9,11-12H,2-4,7-8H2,1H3. The number of nitrogens with one attached hydrogen (secondary N) is 1. The molecule has 2 unspecified atom stereocenters. The van der Waals surface area contributed by atoms with Gasteiger partial charge in [-0.3, -0.25) is 0 Å². The fourth-order valence-electron chi connectivity index (χ4n) is 2.12. The van der Waals surface area contributed by atoms with Crippen LogP contribution in [-0.4, -0.2) is 24.4 Å². The minimum Gasteiger partial charge on any atom is -0.381 e. The predicted molar refractivity (Wildman–Crippen MR) is 56.4 cm³/mol. The fraction of sp³-hybridized carbons (Fsp3) is 0.727. The topological polar surface area (TPSA) is 47.3 Å². The summed E-state index contributed by atoms with van der Waals surface area (Å²) in [4.78, 5) is 0. The lowest BCUT2D eigenvalue weighted by Gasteiger charge is -2.28. The highest BCUT2D eigenvalue weighted by Gasteiger charge is 2.21. The van der Waals surface area contributed by atoms with Crippen molar-refractivity contribution >= 4 is 0 Å². The molecule has 1 aromatic rings. The van der Waals surface area contributed by atoms with Gasteiger partial charge in [0.1, 0.15) is 6.26 Å². The Morgan fingerprint density at radius 2 is 2.53 bits per heavy atom. The van der Waals surface area contributed by atoms with Gasteiger partial charge in [-0.1, -0.05) is 5.16 Å². The molecule has 15 heavy (non-hydrogen) atoms. The molecule has 0 radical (unpaired) electrons. The molecule has 2 atom stereocenters. The lowest BCUT2D eigenvalue weighted by molar-refractivity contribution is 0.0585. The van der Waals surface area contributed by atoms with Gasteiger partial charge in [0, 0.05) is 25.8 Å². The van der Waals surface area contributed by atoms with E-state index in [1.807, 2.05) is 6.07 Å². The van der Waals surface area contributed by atoms with Gasteiger partial charge < -0.3 is 14.6 Å². The van der Waals surface area contributed by atoms with Crippen LogP contribution in [0.5, 0.6) is 0 Å². The number of aromatic nitrogens is 1. The molecule has 1 saturated carbocycles. The van der Waals surface area contributed by atoms with Crippen molar-refractivity contribution in [3.8, 4) is 0 Å².